The average Bonchev–Trinajstić information content (AvgIpc) is 2.64. The molecule has 0 atom stereocenters. The summed E-state index contributed by atoms with van der Waals surface area (Å²) in [6.45, 7) is 0. The molecule has 88 valence electrons. The van der Waals surface area contributed by atoms with Crippen molar-refractivity contribution in [2.45, 2.75) is 0 Å². The topological polar surface area (TPSA) is 63.8 Å². The average molecular weight is 268 g/mol. The van der Waals surface area contributed by atoms with Crippen LogP contribution in [0, 0.1) is 8.86 Å². The van der Waals surface area contributed by atoms with Crippen molar-refractivity contribution in [3.8, 4) is 17.3 Å². The van der Waals surface area contributed by atoms with Gasteiger partial charge in [0, 0.05) is 0 Å². The van der Waals surface area contributed by atoms with Crippen LogP contribution in [0.3, 0.4) is 0 Å². The van der Waals surface area contributed by atoms with Gasteiger partial charge in [0.1, 0.15) is 5.75 Å². The zero-order valence-electron chi connectivity index (χ0n) is 8.78. The van der Waals surface area contributed by atoms with Gasteiger partial charge in [0.2, 0.25) is 10.9 Å². The van der Waals surface area contributed by atoms with E-state index in [0.29, 0.717) is 15.4 Å². The lowest BCUT2D eigenvalue weighted by Crippen LogP contribution is -1.92. The molecule has 1 aromatic heterocycles. The quantitative estimate of drug-likeness (QED) is 0.684. The smallest absolute Gasteiger partial charge is 0.238 e. The first kappa shape index (κ1) is 11.7. The van der Waals surface area contributed by atoms with Gasteiger partial charge < -0.3 is 9.84 Å². The summed E-state index contributed by atoms with van der Waals surface area (Å²) in [4.78, 5) is 10.4. The molecule has 2 rings (SSSR count). The third-order valence-electron chi connectivity index (χ3n) is 2.18. The Labute approximate surface area is 106 Å². The van der Waals surface area contributed by atoms with Gasteiger partial charge in [-0.3, -0.25) is 4.57 Å². The predicted octanol–water partition coefficient (Wildman–Crippen LogP) is 3.38. The Morgan fingerprint density at radius 1 is 1.41 bits per heavy atom. The Kier molecular flexibility index (Phi) is 3.21. The van der Waals surface area contributed by atoms with E-state index in [1.165, 1.54) is 4.57 Å². The van der Waals surface area contributed by atoms with Crippen molar-refractivity contribution in [3.63, 3.8) is 0 Å². The van der Waals surface area contributed by atoms with E-state index in [4.69, 9.17) is 17.0 Å². The van der Waals surface area contributed by atoms with Crippen LogP contribution in [0.4, 0.5) is 5.00 Å². The largest absolute Gasteiger partial charge is 0.497 e. The Morgan fingerprint density at radius 2 is 2.06 bits per heavy atom. The highest BCUT2D eigenvalue weighted by molar-refractivity contribution is 7.73. The molecule has 2 aromatic rings. The zero-order valence-corrected chi connectivity index (χ0v) is 10.4. The van der Waals surface area contributed by atoms with Crippen molar-refractivity contribution in [2.75, 3.05) is 7.11 Å². The second-order valence-corrected chi connectivity index (χ2v) is 4.74. The molecule has 0 amide bonds. The van der Waals surface area contributed by atoms with Crippen LogP contribution in [0.2, 0.25) is 0 Å². The van der Waals surface area contributed by atoms with E-state index in [2.05, 4.69) is 5.18 Å². The molecule has 0 spiro atoms. The maximum absolute atomic E-state index is 10.4. The Hall–Kier alpha value is -1.73. The lowest BCUT2D eigenvalue weighted by atomic mass is 10.3. The molecular weight excluding hydrogens is 260 g/mol. The van der Waals surface area contributed by atoms with Gasteiger partial charge in [0.15, 0.2) is 3.95 Å². The number of aromatic hydroxyl groups is 1. The first-order valence-electron chi connectivity index (χ1n) is 4.60. The van der Waals surface area contributed by atoms with Crippen LogP contribution in [0.1, 0.15) is 0 Å². The predicted molar refractivity (Wildman–Crippen MR) is 68.2 cm³/mol. The highest BCUT2D eigenvalue weighted by atomic mass is 32.1. The van der Waals surface area contributed by atoms with Crippen LogP contribution >= 0.6 is 23.6 Å². The number of hydrogen-bond acceptors (Lipinski definition) is 6. The van der Waals surface area contributed by atoms with Crippen LogP contribution in [0.5, 0.6) is 11.6 Å². The van der Waals surface area contributed by atoms with Crippen molar-refractivity contribution < 1.29 is 9.84 Å². The molecule has 0 aliphatic rings. The van der Waals surface area contributed by atoms with Gasteiger partial charge in [0.25, 0.3) is 0 Å². The molecule has 17 heavy (non-hydrogen) atoms. The number of aromatic nitrogens is 1. The molecule has 0 radical (unpaired) electrons. The van der Waals surface area contributed by atoms with Gasteiger partial charge >= 0.3 is 0 Å². The van der Waals surface area contributed by atoms with Crippen LogP contribution < -0.4 is 4.74 Å². The van der Waals surface area contributed by atoms with E-state index in [-0.39, 0.29) is 10.9 Å². The molecule has 0 saturated heterocycles. The molecule has 0 fully saturated rings. The van der Waals surface area contributed by atoms with Crippen LogP contribution in [-0.2, 0) is 0 Å². The van der Waals surface area contributed by atoms with Gasteiger partial charge in [-0.25, -0.2) is 0 Å². The Balaban J connectivity index is 2.56. The number of nitroso groups, excluding NO2 is 1. The lowest BCUT2D eigenvalue weighted by Gasteiger charge is -2.05. The summed E-state index contributed by atoms with van der Waals surface area (Å²) in [6.07, 6.45) is 0. The van der Waals surface area contributed by atoms with Gasteiger partial charge in [-0.15, -0.1) is 4.91 Å². The second-order valence-electron chi connectivity index (χ2n) is 3.12. The number of thiazole rings is 1. The Morgan fingerprint density at radius 3 is 2.53 bits per heavy atom. The van der Waals surface area contributed by atoms with E-state index in [1.807, 2.05) is 0 Å². The van der Waals surface area contributed by atoms with E-state index in [1.54, 1.807) is 31.4 Å². The minimum absolute atomic E-state index is 0.0224. The van der Waals surface area contributed by atoms with Crippen molar-refractivity contribution in [3.05, 3.63) is 33.1 Å². The molecule has 0 unspecified atom stereocenters. The standard InChI is InChI=1S/C10H8N2O3S2/c1-15-7-4-2-6(3-5-7)12-9(13)8(11-14)17-10(12)16/h2-5,13H,1H3. The molecule has 5 nitrogen and oxygen atoms in total. The summed E-state index contributed by atoms with van der Waals surface area (Å²) >= 11 is 6.02. The molecular formula is C10H8N2O3S2. The fourth-order valence-corrected chi connectivity index (χ4v) is 2.47. The van der Waals surface area contributed by atoms with Crippen LogP contribution in [-0.4, -0.2) is 16.8 Å². The van der Waals surface area contributed by atoms with Crippen LogP contribution in [0.15, 0.2) is 29.4 Å². The normalized spacial score (nSPS) is 10.2. The molecule has 7 heteroatoms. The molecule has 0 bridgehead atoms. The second kappa shape index (κ2) is 4.64. The first-order valence-corrected chi connectivity index (χ1v) is 5.82. The van der Waals surface area contributed by atoms with Crippen molar-refractivity contribution in [1.29, 1.82) is 0 Å². The lowest BCUT2D eigenvalue weighted by molar-refractivity contribution is 0.414. The SMILES string of the molecule is COc1ccc(-n2c(O)c(N=O)sc2=S)cc1. The highest BCUT2D eigenvalue weighted by Crippen LogP contribution is 2.36. The molecule has 1 aromatic carbocycles. The van der Waals surface area contributed by atoms with Gasteiger partial charge in [-0.05, 0) is 41.7 Å². The third kappa shape index (κ3) is 2.06. The summed E-state index contributed by atoms with van der Waals surface area (Å²) in [5, 5.41) is 12.5. The van der Waals surface area contributed by atoms with E-state index in [9.17, 15) is 10.0 Å². The molecule has 1 heterocycles. The number of ether oxygens (including phenoxy) is 1. The fraction of sp³-hybridized carbons (Fsp3) is 0.100. The fourth-order valence-electron chi connectivity index (χ4n) is 1.37. The van der Waals surface area contributed by atoms with Crippen LogP contribution in [0.25, 0.3) is 5.69 Å². The summed E-state index contributed by atoms with van der Waals surface area (Å²) in [7, 11) is 1.57. The highest BCUT2D eigenvalue weighted by Gasteiger charge is 2.13. The van der Waals surface area contributed by atoms with Gasteiger partial charge in [-0.2, -0.15) is 0 Å². The first-order chi connectivity index (χ1) is 8.17. The number of hydrogen-bond donors (Lipinski definition) is 1. The third-order valence-corrected chi connectivity index (χ3v) is 3.42. The number of methoxy groups -OCH3 is 1. The van der Waals surface area contributed by atoms with Gasteiger partial charge in [0.05, 0.1) is 12.8 Å². The molecule has 0 saturated carbocycles. The van der Waals surface area contributed by atoms with Crippen molar-refractivity contribution in [1.82, 2.24) is 4.57 Å². The number of rotatable bonds is 3. The minimum atomic E-state index is -0.236. The van der Waals surface area contributed by atoms with Crippen molar-refractivity contribution in [2.24, 2.45) is 5.18 Å². The zero-order chi connectivity index (χ0) is 12.4. The number of benzene rings is 1. The monoisotopic (exact) mass is 268 g/mol. The summed E-state index contributed by atoms with van der Waals surface area (Å²) in [6, 6.07) is 6.94. The number of nitrogens with zero attached hydrogens (tertiary/aromatic N) is 2. The Bertz CT molecular complexity index is 601. The summed E-state index contributed by atoms with van der Waals surface area (Å²) in [5.41, 5.74) is 0.652. The van der Waals surface area contributed by atoms with Gasteiger partial charge in [-0.1, -0.05) is 11.3 Å². The van der Waals surface area contributed by atoms with E-state index in [0.717, 1.165) is 11.3 Å². The minimum Gasteiger partial charge on any atom is -0.497 e. The summed E-state index contributed by atoms with van der Waals surface area (Å²) < 4.78 is 6.78. The summed E-state index contributed by atoms with van der Waals surface area (Å²) in [5.74, 6) is 0.462. The molecule has 1 N–H and O–H groups in total. The molecule has 0 aliphatic carbocycles. The van der Waals surface area contributed by atoms with E-state index < -0.39 is 0 Å². The van der Waals surface area contributed by atoms with E-state index >= 15 is 0 Å². The maximum atomic E-state index is 10.4. The maximum Gasteiger partial charge on any atom is 0.238 e. The van der Waals surface area contributed by atoms with Crippen molar-refractivity contribution >= 4 is 28.6 Å². The molecule has 0 aliphatic heterocycles.